The topological polar surface area (TPSA) is 78.9 Å². The number of carboxylic acids is 1. The third-order valence-corrected chi connectivity index (χ3v) is 3.43. The summed E-state index contributed by atoms with van der Waals surface area (Å²) in [6.07, 6.45) is 4.10. The van der Waals surface area contributed by atoms with Gasteiger partial charge in [-0.1, -0.05) is 0 Å². The van der Waals surface area contributed by atoms with Crippen LogP contribution in [0.4, 0.5) is 4.79 Å². The van der Waals surface area contributed by atoms with Gasteiger partial charge in [0.15, 0.2) is 0 Å². The molecule has 0 aromatic carbocycles. The van der Waals surface area contributed by atoms with Crippen LogP contribution in [0.3, 0.4) is 0 Å². The zero-order valence-electron chi connectivity index (χ0n) is 11.6. The number of rotatable bonds is 7. The van der Waals surface area contributed by atoms with Crippen molar-refractivity contribution in [3.05, 3.63) is 0 Å². The maximum absolute atomic E-state index is 11.8. The van der Waals surface area contributed by atoms with Crippen LogP contribution in [0.2, 0.25) is 0 Å². The van der Waals surface area contributed by atoms with Crippen LogP contribution in [-0.4, -0.2) is 55.4 Å². The lowest BCUT2D eigenvalue weighted by Gasteiger charge is -2.30. The van der Waals surface area contributed by atoms with E-state index in [1.165, 1.54) is 0 Å². The van der Waals surface area contributed by atoms with Gasteiger partial charge >= 0.3 is 12.0 Å². The van der Waals surface area contributed by atoms with E-state index in [2.05, 4.69) is 5.32 Å². The van der Waals surface area contributed by atoms with Gasteiger partial charge in [-0.25, -0.2) is 4.79 Å². The second-order valence-corrected chi connectivity index (χ2v) is 4.88. The smallest absolute Gasteiger partial charge is 0.317 e. The highest BCUT2D eigenvalue weighted by Gasteiger charge is 2.26. The molecule has 1 fully saturated rings. The van der Waals surface area contributed by atoms with Crippen molar-refractivity contribution < 1.29 is 19.4 Å². The number of hydrogen-bond donors (Lipinski definition) is 2. The van der Waals surface area contributed by atoms with Crippen LogP contribution >= 0.6 is 0 Å². The lowest BCUT2D eigenvalue weighted by molar-refractivity contribution is -0.143. The lowest BCUT2D eigenvalue weighted by atomic mass is 9.97. The van der Waals surface area contributed by atoms with Crippen molar-refractivity contribution in [2.45, 2.75) is 32.1 Å². The van der Waals surface area contributed by atoms with E-state index in [0.29, 0.717) is 32.5 Å². The summed E-state index contributed by atoms with van der Waals surface area (Å²) in [5, 5.41) is 11.8. The fraction of sp³-hybridized carbons (Fsp3) is 0.846. The normalized spacial score (nSPS) is 16.4. The number of hydrogen-bond acceptors (Lipinski definition) is 3. The molecule has 1 aliphatic heterocycles. The summed E-state index contributed by atoms with van der Waals surface area (Å²) in [6.45, 7) is 2.50. The molecule has 0 unspecified atom stereocenters. The van der Waals surface area contributed by atoms with Crippen LogP contribution in [0.25, 0.3) is 0 Å². The first-order chi connectivity index (χ1) is 9.15. The van der Waals surface area contributed by atoms with E-state index in [4.69, 9.17) is 9.84 Å². The van der Waals surface area contributed by atoms with Gasteiger partial charge in [0, 0.05) is 33.4 Å². The molecule has 0 aromatic heterocycles. The highest BCUT2D eigenvalue weighted by atomic mass is 16.5. The van der Waals surface area contributed by atoms with Crippen LogP contribution in [0.15, 0.2) is 0 Å². The van der Waals surface area contributed by atoms with Gasteiger partial charge in [-0.3, -0.25) is 4.79 Å². The number of likely N-dealkylation sites (tertiary alicyclic amines) is 1. The summed E-state index contributed by atoms with van der Waals surface area (Å²) in [6, 6.07) is -0.0735. The quantitative estimate of drug-likeness (QED) is 0.685. The van der Waals surface area contributed by atoms with Crippen molar-refractivity contribution in [1.82, 2.24) is 10.2 Å². The van der Waals surface area contributed by atoms with Crippen LogP contribution < -0.4 is 5.32 Å². The Morgan fingerprint density at radius 1 is 1.26 bits per heavy atom. The van der Waals surface area contributed by atoms with E-state index >= 15 is 0 Å². The minimum atomic E-state index is -0.752. The van der Waals surface area contributed by atoms with Gasteiger partial charge < -0.3 is 20.1 Å². The molecule has 0 bridgehead atoms. The number of ether oxygens (including phenoxy) is 1. The first-order valence-corrected chi connectivity index (χ1v) is 6.89. The van der Waals surface area contributed by atoms with Crippen molar-refractivity contribution in [3.63, 3.8) is 0 Å². The van der Waals surface area contributed by atoms with Gasteiger partial charge in [0.25, 0.3) is 0 Å². The monoisotopic (exact) mass is 272 g/mol. The molecule has 1 rings (SSSR count). The van der Waals surface area contributed by atoms with Crippen LogP contribution in [0.1, 0.15) is 32.1 Å². The number of carboxylic acid groups (broad SMARTS) is 1. The van der Waals surface area contributed by atoms with Crippen molar-refractivity contribution in [2.75, 3.05) is 33.4 Å². The molecule has 0 aliphatic carbocycles. The second-order valence-electron chi connectivity index (χ2n) is 4.88. The molecule has 2 N–H and O–H groups in total. The number of carbonyl (C=O) groups is 2. The number of nitrogens with one attached hydrogen (secondary N) is 1. The predicted octanol–water partition coefficient (Wildman–Crippen LogP) is 1.31. The molecule has 0 aromatic rings. The molecule has 1 heterocycles. The van der Waals surface area contributed by atoms with E-state index in [-0.39, 0.29) is 11.9 Å². The van der Waals surface area contributed by atoms with Gasteiger partial charge in [-0.15, -0.1) is 0 Å². The Kier molecular flexibility index (Phi) is 7.25. The number of amides is 2. The van der Waals surface area contributed by atoms with Crippen molar-refractivity contribution in [3.8, 4) is 0 Å². The molecular formula is C13H24N2O4. The zero-order chi connectivity index (χ0) is 14.1. The molecule has 0 saturated carbocycles. The molecule has 0 spiro atoms. The molecule has 2 amide bonds. The summed E-state index contributed by atoms with van der Waals surface area (Å²) < 4.78 is 4.95. The minimum absolute atomic E-state index is 0.0735. The molecule has 1 saturated heterocycles. The maximum atomic E-state index is 11.8. The number of urea groups is 1. The average Bonchev–Trinajstić information content (AvgIpc) is 2.42. The number of carbonyl (C=O) groups excluding carboxylic acids is 1. The van der Waals surface area contributed by atoms with Crippen molar-refractivity contribution in [1.29, 1.82) is 0 Å². The zero-order valence-corrected chi connectivity index (χ0v) is 11.6. The number of piperidine rings is 1. The molecule has 19 heavy (non-hydrogen) atoms. The van der Waals surface area contributed by atoms with Crippen LogP contribution in [-0.2, 0) is 9.53 Å². The summed E-state index contributed by atoms with van der Waals surface area (Å²) in [7, 11) is 1.68. The van der Waals surface area contributed by atoms with E-state index in [1.54, 1.807) is 12.0 Å². The Hall–Kier alpha value is -1.30. The van der Waals surface area contributed by atoms with Gasteiger partial charge in [-0.2, -0.15) is 0 Å². The van der Waals surface area contributed by atoms with Gasteiger partial charge in [0.2, 0.25) is 0 Å². The van der Waals surface area contributed by atoms with E-state index in [0.717, 1.165) is 25.9 Å². The highest BCUT2D eigenvalue weighted by Crippen LogP contribution is 2.17. The first-order valence-electron chi connectivity index (χ1n) is 6.89. The molecule has 6 nitrogen and oxygen atoms in total. The third-order valence-electron chi connectivity index (χ3n) is 3.43. The maximum Gasteiger partial charge on any atom is 0.317 e. The molecule has 1 aliphatic rings. The number of aliphatic carboxylic acids is 1. The molecule has 0 atom stereocenters. The lowest BCUT2D eigenvalue weighted by Crippen LogP contribution is -2.45. The predicted molar refractivity (Wildman–Crippen MR) is 71.1 cm³/mol. The third kappa shape index (κ3) is 5.92. The largest absolute Gasteiger partial charge is 0.481 e. The number of nitrogens with zero attached hydrogens (tertiary/aromatic N) is 1. The molecule has 110 valence electrons. The van der Waals surface area contributed by atoms with Crippen LogP contribution in [0, 0.1) is 5.92 Å². The standard InChI is InChI=1S/C13H24N2O4/c1-19-10-4-2-3-7-14-13(18)15-8-5-11(6-9-15)12(16)17/h11H,2-10H2,1H3,(H,14,18)(H,16,17). The number of methoxy groups -OCH3 is 1. The van der Waals surface area contributed by atoms with Gasteiger partial charge in [-0.05, 0) is 32.1 Å². The molecule has 6 heteroatoms. The summed E-state index contributed by atoms with van der Waals surface area (Å²) in [5.41, 5.74) is 0. The Labute approximate surface area is 114 Å². The van der Waals surface area contributed by atoms with E-state index < -0.39 is 5.97 Å². The molecule has 0 radical (unpaired) electrons. The van der Waals surface area contributed by atoms with E-state index in [9.17, 15) is 9.59 Å². The summed E-state index contributed by atoms with van der Waals surface area (Å²) in [4.78, 5) is 24.3. The first kappa shape index (κ1) is 15.8. The Bertz CT molecular complexity index is 288. The van der Waals surface area contributed by atoms with Crippen LogP contribution in [0.5, 0.6) is 0 Å². The second kappa shape index (κ2) is 8.74. The summed E-state index contributed by atoms with van der Waals surface area (Å²) >= 11 is 0. The van der Waals surface area contributed by atoms with Gasteiger partial charge in [0.05, 0.1) is 5.92 Å². The minimum Gasteiger partial charge on any atom is -0.481 e. The van der Waals surface area contributed by atoms with Crippen molar-refractivity contribution >= 4 is 12.0 Å². The fourth-order valence-corrected chi connectivity index (χ4v) is 2.18. The molecular weight excluding hydrogens is 248 g/mol. The Morgan fingerprint density at radius 2 is 1.95 bits per heavy atom. The SMILES string of the molecule is COCCCCCNC(=O)N1CCC(C(=O)O)CC1. The summed E-state index contributed by atoms with van der Waals surface area (Å²) in [5.74, 6) is -1.05. The van der Waals surface area contributed by atoms with Crippen molar-refractivity contribution in [2.24, 2.45) is 5.92 Å². The fourth-order valence-electron chi connectivity index (χ4n) is 2.18. The Balaban J connectivity index is 2.09. The highest BCUT2D eigenvalue weighted by molar-refractivity contribution is 5.75. The average molecular weight is 272 g/mol. The number of unbranched alkanes of at least 4 members (excludes halogenated alkanes) is 2. The Morgan fingerprint density at radius 3 is 2.53 bits per heavy atom. The van der Waals surface area contributed by atoms with Gasteiger partial charge in [0.1, 0.15) is 0 Å². The van der Waals surface area contributed by atoms with E-state index in [1.807, 2.05) is 0 Å².